The lowest BCUT2D eigenvalue weighted by molar-refractivity contribution is -0.141. The topological polar surface area (TPSA) is 67.9 Å². The zero-order valence-electron chi connectivity index (χ0n) is 20.3. The first-order chi connectivity index (χ1) is 17.0. The number of benzene rings is 3. The van der Waals surface area contributed by atoms with E-state index in [1.165, 1.54) is 0 Å². The second-order valence-electron chi connectivity index (χ2n) is 8.80. The van der Waals surface area contributed by atoms with Crippen LogP contribution >= 0.6 is 0 Å². The van der Waals surface area contributed by atoms with Gasteiger partial charge < -0.3 is 19.7 Å². The minimum atomic E-state index is -0.609. The SMILES string of the molecule is CCNC(=O)[C@H](Cc1ccccc1)N(Cc1cccc(C)c1)C(=O)CCc1ccc2c(c1)OCO2. The van der Waals surface area contributed by atoms with Crippen LogP contribution in [0.1, 0.15) is 35.6 Å². The molecule has 1 aliphatic rings. The van der Waals surface area contributed by atoms with E-state index >= 15 is 0 Å². The van der Waals surface area contributed by atoms with Gasteiger partial charge in [-0.1, -0.05) is 66.2 Å². The molecule has 1 aliphatic heterocycles. The van der Waals surface area contributed by atoms with Gasteiger partial charge in [0.1, 0.15) is 6.04 Å². The van der Waals surface area contributed by atoms with E-state index in [0.29, 0.717) is 31.7 Å². The van der Waals surface area contributed by atoms with Crippen molar-refractivity contribution in [3.05, 3.63) is 95.1 Å². The van der Waals surface area contributed by atoms with Gasteiger partial charge in [-0.25, -0.2) is 0 Å². The molecule has 0 unspecified atom stereocenters. The number of nitrogens with zero attached hydrogens (tertiary/aromatic N) is 1. The van der Waals surface area contributed by atoms with Gasteiger partial charge in [0.05, 0.1) is 0 Å². The van der Waals surface area contributed by atoms with Gasteiger partial charge in [0.25, 0.3) is 0 Å². The highest BCUT2D eigenvalue weighted by Gasteiger charge is 2.30. The van der Waals surface area contributed by atoms with Gasteiger partial charge in [-0.15, -0.1) is 0 Å². The van der Waals surface area contributed by atoms with Crippen LogP contribution in [0.2, 0.25) is 0 Å². The van der Waals surface area contributed by atoms with E-state index in [1.807, 2.05) is 80.6 Å². The van der Waals surface area contributed by atoms with Crippen molar-refractivity contribution in [2.24, 2.45) is 0 Å². The summed E-state index contributed by atoms with van der Waals surface area (Å²) in [7, 11) is 0. The molecule has 0 aliphatic carbocycles. The molecule has 0 aromatic heterocycles. The van der Waals surface area contributed by atoms with E-state index in [0.717, 1.165) is 28.0 Å². The highest BCUT2D eigenvalue weighted by Crippen LogP contribution is 2.33. The molecule has 0 saturated heterocycles. The molecule has 182 valence electrons. The number of carbonyl (C=O) groups is 2. The molecule has 3 aromatic carbocycles. The number of amides is 2. The number of fused-ring (bicyclic) bond motifs is 1. The van der Waals surface area contributed by atoms with Crippen molar-refractivity contribution >= 4 is 11.8 Å². The zero-order chi connectivity index (χ0) is 24.6. The summed E-state index contributed by atoms with van der Waals surface area (Å²) < 4.78 is 10.9. The molecule has 0 spiro atoms. The van der Waals surface area contributed by atoms with E-state index in [1.54, 1.807) is 4.90 Å². The van der Waals surface area contributed by atoms with Crippen LogP contribution in [-0.2, 0) is 29.0 Å². The van der Waals surface area contributed by atoms with Crippen LogP contribution in [0.25, 0.3) is 0 Å². The lowest BCUT2D eigenvalue weighted by Crippen LogP contribution is -2.50. The normalized spacial score (nSPS) is 12.7. The van der Waals surface area contributed by atoms with E-state index in [9.17, 15) is 9.59 Å². The smallest absolute Gasteiger partial charge is 0.243 e. The number of rotatable bonds is 10. The van der Waals surface area contributed by atoms with Crippen molar-refractivity contribution in [3.63, 3.8) is 0 Å². The van der Waals surface area contributed by atoms with E-state index in [-0.39, 0.29) is 25.0 Å². The molecule has 3 aromatic rings. The molecule has 0 saturated carbocycles. The van der Waals surface area contributed by atoms with Gasteiger partial charge in [-0.3, -0.25) is 9.59 Å². The quantitative estimate of drug-likeness (QED) is 0.474. The Balaban J connectivity index is 1.58. The molecule has 0 fully saturated rings. The Bertz CT molecular complexity index is 1160. The van der Waals surface area contributed by atoms with Crippen molar-refractivity contribution in [1.82, 2.24) is 10.2 Å². The van der Waals surface area contributed by atoms with Crippen LogP contribution in [0.4, 0.5) is 0 Å². The maximum atomic E-state index is 13.7. The van der Waals surface area contributed by atoms with Crippen molar-refractivity contribution in [2.75, 3.05) is 13.3 Å². The Morgan fingerprint density at radius 2 is 1.69 bits per heavy atom. The summed E-state index contributed by atoms with van der Waals surface area (Å²) >= 11 is 0. The molecular formula is C29H32N2O4. The van der Waals surface area contributed by atoms with Gasteiger partial charge in [-0.2, -0.15) is 0 Å². The molecule has 0 bridgehead atoms. The monoisotopic (exact) mass is 472 g/mol. The predicted octanol–water partition coefficient (Wildman–Crippen LogP) is 4.43. The van der Waals surface area contributed by atoms with Crippen LogP contribution < -0.4 is 14.8 Å². The van der Waals surface area contributed by atoms with Crippen molar-refractivity contribution in [2.45, 2.75) is 45.7 Å². The fourth-order valence-electron chi connectivity index (χ4n) is 4.34. The van der Waals surface area contributed by atoms with Gasteiger partial charge in [0, 0.05) is 25.9 Å². The maximum absolute atomic E-state index is 13.7. The standard InChI is InChI=1S/C29H32N2O4/c1-3-30-29(33)25(17-22-9-5-4-6-10-22)31(19-24-11-7-8-21(2)16-24)28(32)15-13-23-12-14-26-27(18-23)35-20-34-26/h4-12,14,16,18,25H,3,13,15,17,19-20H2,1-2H3,(H,30,33)/t25-/m0/s1. The summed E-state index contributed by atoms with van der Waals surface area (Å²) in [6.07, 6.45) is 1.29. The summed E-state index contributed by atoms with van der Waals surface area (Å²) in [6.45, 7) is 5.02. The summed E-state index contributed by atoms with van der Waals surface area (Å²) in [5, 5.41) is 2.94. The third-order valence-corrected chi connectivity index (χ3v) is 6.12. The number of nitrogens with one attached hydrogen (secondary N) is 1. The van der Waals surface area contributed by atoms with Gasteiger partial charge in [0.2, 0.25) is 18.6 Å². The first kappa shape index (κ1) is 24.3. The Morgan fingerprint density at radius 1 is 0.914 bits per heavy atom. The van der Waals surface area contributed by atoms with Crippen LogP contribution in [0.15, 0.2) is 72.8 Å². The number of hydrogen-bond donors (Lipinski definition) is 1. The molecule has 1 heterocycles. The van der Waals surface area contributed by atoms with Crippen molar-refractivity contribution in [3.8, 4) is 11.5 Å². The Labute approximate surface area is 206 Å². The lowest BCUT2D eigenvalue weighted by Gasteiger charge is -2.31. The van der Waals surface area contributed by atoms with Crippen LogP contribution in [0.5, 0.6) is 11.5 Å². The average Bonchev–Trinajstić information content (AvgIpc) is 3.33. The molecule has 1 atom stereocenters. The molecule has 0 radical (unpaired) electrons. The minimum Gasteiger partial charge on any atom is -0.454 e. The first-order valence-electron chi connectivity index (χ1n) is 12.1. The molecular weight excluding hydrogens is 440 g/mol. The predicted molar refractivity (Wildman–Crippen MR) is 135 cm³/mol. The van der Waals surface area contributed by atoms with Crippen LogP contribution in [-0.4, -0.2) is 36.1 Å². The molecule has 4 rings (SSSR count). The zero-order valence-corrected chi connectivity index (χ0v) is 20.3. The van der Waals surface area contributed by atoms with Crippen molar-refractivity contribution in [1.29, 1.82) is 0 Å². The Kier molecular flexibility index (Phi) is 8.03. The number of aryl methyl sites for hydroxylation is 2. The average molecular weight is 473 g/mol. The number of hydrogen-bond acceptors (Lipinski definition) is 4. The van der Waals surface area contributed by atoms with Crippen molar-refractivity contribution < 1.29 is 19.1 Å². The largest absolute Gasteiger partial charge is 0.454 e. The summed E-state index contributed by atoms with van der Waals surface area (Å²) in [5.41, 5.74) is 4.13. The summed E-state index contributed by atoms with van der Waals surface area (Å²) in [5.74, 6) is 1.23. The van der Waals surface area contributed by atoms with E-state index in [2.05, 4.69) is 11.4 Å². The van der Waals surface area contributed by atoms with Gasteiger partial charge in [0.15, 0.2) is 11.5 Å². The molecule has 35 heavy (non-hydrogen) atoms. The van der Waals surface area contributed by atoms with Gasteiger partial charge >= 0.3 is 0 Å². The Hall–Kier alpha value is -3.80. The molecule has 6 nitrogen and oxygen atoms in total. The van der Waals surface area contributed by atoms with E-state index < -0.39 is 6.04 Å². The molecule has 2 amide bonds. The van der Waals surface area contributed by atoms with Crippen LogP contribution in [0.3, 0.4) is 0 Å². The fourth-order valence-corrected chi connectivity index (χ4v) is 4.34. The third kappa shape index (κ3) is 6.41. The number of ether oxygens (including phenoxy) is 2. The second-order valence-corrected chi connectivity index (χ2v) is 8.80. The minimum absolute atomic E-state index is 0.0589. The Morgan fingerprint density at radius 3 is 2.46 bits per heavy atom. The van der Waals surface area contributed by atoms with Gasteiger partial charge in [-0.05, 0) is 49.1 Å². The lowest BCUT2D eigenvalue weighted by atomic mass is 10.0. The molecule has 6 heteroatoms. The number of likely N-dealkylation sites (N-methyl/N-ethyl adjacent to an activating group) is 1. The highest BCUT2D eigenvalue weighted by atomic mass is 16.7. The summed E-state index contributed by atoms with van der Waals surface area (Å²) in [4.78, 5) is 28.6. The molecule has 1 N–H and O–H groups in total. The van der Waals surface area contributed by atoms with Crippen LogP contribution in [0, 0.1) is 6.92 Å². The second kappa shape index (κ2) is 11.6. The fraction of sp³-hybridized carbons (Fsp3) is 0.310. The highest BCUT2D eigenvalue weighted by molar-refractivity contribution is 5.88. The maximum Gasteiger partial charge on any atom is 0.243 e. The third-order valence-electron chi connectivity index (χ3n) is 6.12. The summed E-state index contributed by atoms with van der Waals surface area (Å²) in [6, 6.07) is 23.1. The number of carbonyl (C=O) groups excluding carboxylic acids is 2. The van der Waals surface area contributed by atoms with E-state index in [4.69, 9.17) is 9.47 Å². The first-order valence-corrected chi connectivity index (χ1v) is 12.1.